The zero-order valence-electron chi connectivity index (χ0n) is 18.9. The van der Waals surface area contributed by atoms with E-state index >= 15 is 0 Å². The predicted molar refractivity (Wildman–Crippen MR) is 133 cm³/mol. The molecule has 1 atom stereocenters. The third-order valence-electron chi connectivity index (χ3n) is 5.69. The van der Waals surface area contributed by atoms with E-state index in [1.165, 1.54) is 16.2 Å². The van der Waals surface area contributed by atoms with E-state index in [1.54, 1.807) is 0 Å². The van der Waals surface area contributed by atoms with Gasteiger partial charge in [0.15, 0.2) is 0 Å². The number of nitrogens with one attached hydrogen (secondary N) is 3. The van der Waals surface area contributed by atoms with Crippen LogP contribution in [0.15, 0.2) is 54.6 Å². The lowest BCUT2D eigenvalue weighted by Crippen LogP contribution is -2.30. The van der Waals surface area contributed by atoms with Crippen LogP contribution in [0.25, 0.3) is 0 Å². The van der Waals surface area contributed by atoms with Gasteiger partial charge in [-0.25, -0.2) is 0 Å². The van der Waals surface area contributed by atoms with Crippen LogP contribution >= 0.6 is 11.3 Å². The summed E-state index contributed by atoms with van der Waals surface area (Å²) in [6, 6.07) is 17.4. The number of ether oxygens (including phenoxy) is 1. The fourth-order valence-electron chi connectivity index (χ4n) is 4.00. The first kappa shape index (κ1) is 23.0. The monoisotopic (exact) mass is 463 g/mol. The van der Waals surface area contributed by atoms with Crippen LogP contribution in [-0.2, 0) is 17.6 Å². The van der Waals surface area contributed by atoms with Gasteiger partial charge in [0.1, 0.15) is 10.8 Å². The fourth-order valence-corrected chi connectivity index (χ4v) is 5.31. The Balaban J connectivity index is 1.43. The Morgan fingerprint density at radius 2 is 1.79 bits per heavy atom. The highest BCUT2D eigenvalue weighted by molar-refractivity contribution is 7.17. The van der Waals surface area contributed by atoms with Crippen LogP contribution in [0.2, 0.25) is 0 Å². The molecule has 2 amide bonds. The van der Waals surface area contributed by atoms with Gasteiger partial charge >= 0.3 is 0 Å². The summed E-state index contributed by atoms with van der Waals surface area (Å²) >= 11 is 1.51. The summed E-state index contributed by atoms with van der Waals surface area (Å²) in [5.41, 5.74) is 3.46. The third-order valence-corrected chi connectivity index (χ3v) is 6.90. The summed E-state index contributed by atoms with van der Waals surface area (Å²) in [4.78, 5) is 27.1. The summed E-state index contributed by atoms with van der Waals surface area (Å²) < 4.78 is 5.46. The van der Waals surface area contributed by atoms with Crippen LogP contribution in [0.5, 0.6) is 5.75 Å². The fraction of sp³-hybridized carbons (Fsp3) is 0.308. The van der Waals surface area contributed by atoms with E-state index in [0.29, 0.717) is 22.9 Å². The highest BCUT2D eigenvalue weighted by Crippen LogP contribution is 2.39. The molecule has 0 unspecified atom stereocenters. The molecule has 3 N–H and O–H groups in total. The van der Waals surface area contributed by atoms with Gasteiger partial charge in [-0.2, -0.15) is 0 Å². The lowest BCUT2D eigenvalue weighted by Gasteiger charge is -2.14. The van der Waals surface area contributed by atoms with Gasteiger partial charge in [-0.15, -0.1) is 11.3 Å². The van der Waals surface area contributed by atoms with Crippen molar-refractivity contribution in [1.82, 2.24) is 5.32 Å². The predicted octanol–water partition coefficient (Wildman–Crippen LogP) is 5.18. The average Bonchev–Trinajstić information content (AvgIpc) is 3.40. The second kappa shape index (κ2) is 10.6. The molecular formula is C26H29N3O3S. The Kier molecular flexibility index (Phi) is 7.42. The van der Waals surface area contributed by atoms with Crippen molar-refractivity contribution in [3.63, 3.8) is 0 Å². The Labute approximate surface area is 198 Å². The number of fused-ring (bicyclic) bond motifs is 1. The summed E-state index contributed by atoms with van der Waals surface area (Å²) in [5, 5.41) is 9.83. The molecule has 0 radical (unpaired) electrons. The highest BCUT2D eigenvalue weighted by atomic mass is 32.1. The first-order valence-corrected chi connectivity index (χ1v) is 12.1. The van der Waals surface area contributed by atoms with Gasteiger partial charge in [-0.3, -0.25) is 9.59 Å². The van der Waals surface area contributed by atoms with Crippen LogP contribution in [0.4, 0.5) is 10.7 Å². The summed E-state index contributed by atoms with van der Waals surface area (Å²) in [6.07, 6.45) is 2.84. The number of carbonyl (C=O) groups is 2. The molecule has 2 aromatic carbocycles. The largest absolute Gasteiger partial charge is 0.494 e. The number of aryl methyl sites for hydroxylation is 1. The zero-order chi connectivity index (χ0) is 23.2. The maximum absolute atomic E-state index is 13.2. The number of hydrogen-bond acceptors (Lipinski definition) is 5. The normalized spacial score (nSPS) is 13.3. The molecule has 33 heavy (non-hydrogen) atoms. The Morgan fingerprint density at radius 1 is 1.03 bits per heavy atom. The van der Waals surface area contributed by atoms with Gasteiger partial charge < -0.3 is 20.7 Å². The summed E-state index contributed by atoms with van der Waals surface area (Å²) in [5.74, 6) is 0.407. The lowest BCUT2D eigenvalue weighted by molar-refractivity contribution is -0.115. The lowest BCUT2D eigenvalue weighted by atomic mass is 10.1. The second-order valence-electron chi connectivity index (χ2n) is 8.03. The van der Waals surface area contributed by atoms with Crippen molar-refractivity contribution in [2.45, 2.75) is 39.2 Å². The molecule has 172 valence electrons. The van der Waals surface area contributed by atoms with Crippen LogP contribution < -0.4 is 20.7 Å². The molecule has 7 heteroatoms. The molecule has 0 bridgehead atoms. The number of anilines is 2. The Hall–Kier alpha value is -3.16. The van der Waals surface area contributed by atoms with E-state index in [0.717, 1.165) is 36.1 Å². The van der Waals surface area contributed by atoms with Crippen LogP contribution in [0.1, 0.15) is 52.7 Å². The first-order valence-electron chi connectivity index (χ1n) is 11.3. The van der Waals surface area contributed by atoms with Crippen molar-refractivity contribution in [3.8, 4) is 5.75 Å². The topological polar surface area (TPSA) is 79.5 Å². The van der Waals surface area contributed by atoms with E-state index in [1.807, 2.05) is 68.4 Å². The summed E-state index contributed by atoms with van der Waals surface area (Å²) in [7, 11) is 0. The highest BCUT2D eigenvalue weighted by Gasteiger charge is 2.27. The molecule has 1 aliphatic carbocycles. The van der Waals surface area contributed by atoms with Gasteiger partial charge in [0.25, 0.3) is 5.91 Å². The van der Waals surface area contributed by atoms with E-state index < -0.39 is 0 Å². The molecule has 0 fully saturated rings. The molecule has 1 aliphatic rings. The quantitative estimate of drug-likeness (QED) is 0.409. The van der Waals surface area contributed by atoms with E-state index in [9.17, 15) is 9.59 Å². The number of amides is 2. The molecule has 3 aromatic rings. The molecular weight excluding hydrogens is 434 g/mol. The smallest absolute Gasteiger partial charge is 0.258 e. The van der Waals surface area contributed by atoms with Gasteiger partial charge in [-0.1, -0.05) is 30.3 Å². The van der Waals surface area contributed by atoms with E-state index in [4.69, 9.17) is 4.74 Å². The van der Waals surface area contributed by atoms with E-state index in [2.05, 4.69) is 16.0 Å². The first-order chi connectivity index (χ1) is 16.0. The zero-order valence-corrected chi connectivity index (χ0v) is 19.8. The minimum atomic E-state index is -0.195. The standard InChI is InChI=1S/C26H29N3O3S/c1-3-32-20-14-12-19(13-15-20)28-25(31)24-21-10-7-11-22(21)33-26(24)29-23(30)16-27-17(2)18-8-5-4-6-9-18/h4-6,8-9,12-15,17,27H,3,7,10-11,16H2,1-2H3,(H,28,31)(H,29,30)/t17-/m1/s1. The van der Waals surface area contributed by atoms with Crippen LogP contribution in [-0.4, -0.2) is 25.0 Å². The van der Waals surface area contributed by atoms with E-state index in [-0.39, 0.29) is 24.4 Å². The molecule has 6 nitrogen and oxygen atoms in total. The number of hydrogen-bond donors (Lipinski definition) is 3. The van der Waals surface area contributed by atoms with Crippen molar-refractivity contribution >= 4 is 33.8 Å². The van der Waals surface area contributed by atoms with Crippen molar-refractivity contribution in [3.05, 3.63) is 76.2 Å². The molecule has 0 saturated carbocycles. The van der Waals surface area contributed by atoms with Crippen molar-refractivity contribution in [2.75, 3.05) is 23.8 Å². The van der Waals surface area contributed by atoms with Crippen molar-refractivity contribution < 1.29 is 14.3 Å². The van der Waals surface area contributed by atoms with Crippen molar-refractivity contribution in [2.24, 2.45) is 0 Å². The second-order valence-corrected chi connectivity index (χ2v) is 9.14. The molecule has 0 saturated heterocycles. The molecule has 1 heterocycles. The molecule has 4 rings (SSSR count). The average molecular weight is 464 g/mol. The van der Waals surface area contributed by atoms with Gasteiger partial charge in [0.2, 0.25) is 5.91 Å². The Bertz CT molecular complexity index is 1110. The van der Waals surface area contributed by atoms with Crippen LogP contribution in [0.3, 0.4) is 0 Å². The maximum atomic E-state index is 13.2. The third kappa shape index (κ3) is 5.61. The van der Waals surface area contributed by atoms with Gasteiger partial charge in [0.05, 0.1) is 18.7 Å². The number of rotatable bonds is 9. The minimum Gasteiger partial charge on any atom is -0.494 e. The minimum absolute atomic E-state index is 0.0488. The van der Waals surface area contributed by atoms with Crippen LogP contribution in [0, 0.1) is 0 Å². The summed E-state index contributed by atoms with van der Waals surface area (Å²) in [6.45, 7) is 4.71. The molecule has 0 aliphatic heterocycles. The number of thiophene rings is 1. The SMILES string of the molecule is CCOc1ccc(NC(=O)c2c(NC(=O)CN[C@H](C)c3ccccc3)sc3c2CCC3)cc1. The van der Waals surface area contributed by atoms with Gasteiger partial charge in [-0.05, 0) is 68.5 Å². The van der Waals surface area contributed by atoms with Crippen molar-refractivity contribution in [1.29, 1.82) is 0 Å². The number of carbonyl (C=O) groups excluding carboxylic acids is 2. The Morgan fingerprint density at radius 3 is 2.52 bits per heavy atom. The molecule has 0 spiro atoms. The maximum Gasteiger partial charge on any atom is 0.258 e. The number of benzene rings is 2. The molecule has 1 aromatic heterocycles. The van der Waals surface area contributed by atoms with Gasteiger partial charge in [0, 0.05) is 16.6 Å².